The molecule has 0 amide bonds. The molecule has 0 aromatic heterocycles. The van der Waals surface area contributed by atoms with E-state index in [1.54, 1.807) is 0 Å². The third-order valence-corrected chi connectivity index (χ3v) is 8.94. The second kappa shape index (κ2) is 13.0. The van der Waals surface area contributed by atoms with Crippen LogP contribution in [0.2, 0.25) is 0 Å². The highest BCUT2D eigenvalue weighted by Gasteiger charge is 2.39. The first kappa shape index (κ1) is 31.0. The Morgan fingerprint density at radius 2 is 0.773 bits per heavy atom. The average Bonchev–Trinajstić information content (AvgIpc) is 3.38. The summed E-state index contributed by atoms with van der Waals surface area (Å²) < 4.78 is 2.60. The van der Waals surface area contributed by atoms with Crippen LogP contribution in [-0.2, 0) is 0 Å². The molecule has 0 saturated heterocycles. The van der Waals surface area contributed by atoms with E-state index < -0.39 is 0 Å². The second-order valence-corrected chi connectivity index (χ2v) is 12.7. The predicted molar refractivity (Wildman–Crippen MR) is 189 cm³/mol. The summed E-state index contributed by atoms with van der Waals surface area (Å²) in [6.45, 7) is 4.20. The van der Waals surface area contributed by atoms with E-state index in [0.29, 0.717) is 0 Å². The Morgan fingerprint density at radius 1 is 0.477 bits per heavy atom. The molecule has 4 aromatic carbocycles. The number of rotatable bonds is 10. The van der Waals surface area contributed by atoms with E-state index in [2.05, 4.69) is 189 Å². The molecule has 44 heavy (non-hydrogen) atoms. The summed E-state index contributed by atoms with van der Waals surface area (Å²) in [5.41, 5.74) is 10.0. The quantitative estimate of drug-likeness (QED) is 0.194. The van der Waals surface area contributed by atoms with E-state index in [1.807, 2.05) is 0 Å². The Labute approximate surface area is 265 Å². The number of benzene rings is 4. The van der Waals surface area contributed by atoms with Crippen LogP contribution in [-0.4, -0.2) is 84.8 Å². The van der Waals surface area contributed by atoms with Gasteiger partial charge in [-0.05, 0) is 48.5 Å². The Balaban J connectivity index is 1.61. The highest BCUT2D eigenvalue weighted by atomic mass is 15.3. The molecule has 1 aliphatic heterocycles. The zero-order valence-electron chi connectivity index (χ0n) is 28.0. The van der Waals surface area contributed by atoms with Gasteiger partial charge in [0, 0.05) is 108 Å². The van der Waals surface area contributed by atoms with Gasteiger partial charge in [0.1, 0.15) is 25.2 Å². The Kier molecular flexibility index (Phi) is 9.19. The van der Waals surface area contributed by atoms with Crippen molar-refractivity contribution in [3.63, 3.8) is 0 Å². The van der Waals surface area contributed by atoms with Crippen LogP contribution in [0, 0.1) is 0 Å². The molecule has 0 atom stereocenters. The molecule has 0 unspecified atom stereocenters. The van der Waals surface area contributed by atoms with Gasteiger partial charge in [-0.1, -0.05) is 48.5 Å². The minimum atomic E-state index is 0.111. The maximum Gasteiger partial charge on any atom is 0.245 e. The molecule has 1 aliphatic rings. The lowest BCUT2D eigenvalue weighted by molar-refractivity contribution is -0.553. The largest absolute Gasteiger partial charge is 0.378 e. The van der Waals surface area contributed by atoms with Crippen LogP contribution in [0.15, 0.2) is 97.1 Å². The van der Waals surface area contributed by atoms with Gasteiger partial charge in [0.25, 0.3) is 0 Å². The first-order chi connectivity index (χ1) is 21.0. The van der Waals surface area contributed by atoms with Crippen LogP contribution in [0.3, 0.4) is 0 Å². The van der Waals surface area contributed by atoms with E-state index in [0.717, 1.165) is 13.1 Å². The normalized spacial score (nSPS) is 13.2. The number of amidine groups is 1. The molecule has 0 bridgehead atoms. The van der Waals surface area contributed by atoms with Crippen LogP contribution in [0.5, 0.6) is 0 Å². The van der Waals surface area contributed by atoms with E-state index in [9.17, 15) is 0 Å². The SMILES string of the molecule is CC1=[N+](C(c2ccc(N(C)C)cc2)c2ccc(N(C)C)cc2)CCN1C(c1ccc(N(C)C)cc1)c1ccc(N(C)C)cc1. The lowest BCUT2D eigenvalue weighted by Gasteiger charge is -2.26. The van der Waals surface area contributed by atoms with E-state index in [-0.39, 0.29) is 12.1 Å². The van der Waals surface area contributed by atoms with Gasteiger partial charge in [-0.2, -0.15) is 0 Å². The summed E-state index contributed by atoms with van der Waals surface area (Å²) in [7, 11) is 16.8. The van der Waals surface area contributed by atoms with Crippen LogP contribution < -0.4 is 19.6 Å². The van der Waals surface area contributed by atoms with Crippen LogP contribution in [0.4, 0.5) is 22.7 Å². The predicted octanol–water partition coefficient (Wildman–Crippen LogP) is 6.58. The summed E-state index contributed by atoms with van der Waals surface area (Å²) in [4.78, 5) is 11.2. The van der Waals surface area contributed by atoms with Gasteiger partial charge >= 0.3 is 0 Å². The van der Waals surface area contributed by atoms with E-state index in [4.69, 9.17) is 0 Å². The molecule has 0 aliphatic carbocycles. The number of nitrogens with zero attached hydrogens (tertiary/aromatic N) is 6. The number of hydrogen-bond acceptors (Lipinski definition) is 5. The van der Waals surface area contributed by atoms with Gasteiger partial charge in [0.05, 0.1) is 0 Å². The molecule has 4 aromatic rings. The van der Waals surface area contributed by atoms with Crippen molar-refractivity contribution < 1.29 is 4.58 Å². The number of anilines is 4. The molecule has 0 fully saturated rings. The minimum Gasteiger partial charge on any atom is -0.378 e. The van der Waals surface area contributed by atoms with Gasteiger partial charge < -0.3 is 19.6 Å². The minimum absolute atomic E-state index is 0.111. The Bertz CT molecular complexity index is 1450. The van der Waals surface area contributed by atoms with Gasteiger partial charge in [-0.3, -0.25) is 9.48 Å². The molecule has 1 heterocycles. The molecular weight excluding hydrogens is 540 g/mol. The standard InChI is InChI=1S/C38H49N6/c1-28-43(37(29-10-18-33(19-11-29)39(2)3)30-12-20-34(21-13-30)40(4)5)26-27-44(28)38(31-14-22-35(23-15-31)41(6)7)32-16-24-36(25-17-32)42(8)9/h10-25,37-38H,26-27H2,1-9H3/q+1. The fourth-order valence-corrected chi connectivity index (χ4v) is 6.26. The molecule has 0 N–H and O–H groups in total. The lowest BCUT2D eigenvalue weighted by atomic mass is 9.96. The van der Waals surface area contributed by atoms with Crippen molar-refractivity contribution in [1.82, 2.24) is 4.90 Å². The Hall–Kier alpha value is -4.45. The topological polar surface area (TPSA) is 19.2 Å². The highest BCUT2D eigenvalue weighted by Crippen LogP contribution is 2.36. The van der Waals surface area contributed by atoms with Crippen molar-refractivity contribution in [2.24, 2.45) is 0 Å². The molecule has 230 valence electrons. The molecular formula is C38H49N6+. The van der Waals surface area contributed by atoms with Crippen molar-refractivity contribution >= 4 is 28.6 Å². The van der Waals surface area contributed by atoms with E-state index in [1.165, 1.54) is 50.8 Å². The zero-order chi connectivity index (χ0) is 31.5. The van der Waals surface area contributed by atoms with Gasteiger partial charge in [-0.15, -0.1) is 0 Å². The first-order valence-electron chi connectivity index (χ1n) is 15.5. The molecule has 0 radical (unpaired) electrons. The monoisotopic (exact) mass is 589 g/mol. The summed E-state index contributed by atoms with van der Waals surface area (Å²) in [5, 5.41) is 0. The molecule has 5 rings (SSSR count). The molecule has 6 heteroatoms. The molecule has 6 nitrogen and oxygen atoms in total. The average molecular weight is 590 g/mol. The van der Waals surface area contributed by atoms with Crippen molar-refractivity contribution in [1.29, 1.82) is 0 Å². The van der Waals surface area contributed by atoms with Gasteiger partial charge in [-0.25, -0.2) is 0 Å². The van der Waals surface area contributed by atoms with Gasteiger partial charge in [0.2, 0.25) is 5.84 Å². The van der Waals surface area contributed by atoms with Crippen LogP contribution in [0.1, 0.15) is 41.3 Å². The molecule has 0 saturated carbocycles. The summed E-state index contributed by atoms with van der Waals surface area (Å²) >= 11 is 0. The second-order valence-electron chi connectivity index (χ2n) is 12.7. The van der Waals surface area contributed by atoms with Crippen molar-refractivity contribution in [2.75, 3.05) is 89.1 Å². The number of hydrogen-bond donors (Lipinski definition) is 0. The van der Waals surface area contributed by atoms with Crippen molar-refractivity contribution in [3.8, 4) is 0 Å². The van der Waals surface area contributed by atoms with Crippen molar-refractivity contribution in [3.05, 3.63) is 119 Å². The maximum atomic E-state index is 2.60. The van der Waals surface area contributed by atoms with Crippen molar-refractivity contribution in [2.45, 2.75) is 19.0 Å². The van der Waals surface area contributed by atoms with Gasteiger partial charge in [0.15, 0.2) is 0 Å². The smallest absolute Gasteiger partial charge is 0.245 e. The Morgan fingerprint density at radius 3 is 1.07 bits per heavy atom. The first-order valence-corrected chi connectivity index (χ1v) is 15.5. The lowest BCUT2D eigenvalue weighted by Crippen LogP contribution is -2.33. The zero-order valence-corrected chi connectivity index (χ0v) is 28.0. The van der Waals surface area contributed by atoms with E-state index >= 15 is 0 Å². The summed E-state index contributed by atoms with van der Waals surface area (Å²) in [5.74, 6) is 1.29. The fourth-order valence-electron chi connectivity index (χ4n) is 6.26. The fraction of sp³-hybridized carbons (Fsp3) is 0.342. The summed E-state index contributed by atoms with van der Waals surface area (Å²) in [6.07, 6.45) is 0. The maximum absolute atomic E-state index is 2.60. The third kappa shape index (κ3) is 6.40. The summed E-state index contributed by atoms with van der Waals surface area (Å²) in [6, 6.07) is 36.5. The van der Waals surface area contributed by atoms with Crippen LogP contribution in [0.25, 0.3) is 0 Å². The third-order valence-electron chi connectivity index (χ3n) is 8.94. The van der Waals surface area contributed by atoms with Crippen LogP contribution >= 0.6 is 0 Å². The molecule has 0 spiro atoms. The highest BCUT2D eigenvalue weighted by molar-refractivity contribution is 5.77.